The topological polar surface area (TPSA) is 35.4 Å². The van der Waals surface area contributed by atoms with Crippen molar-refractivity contribution in [2.24, 2.45) is 0 Å². The van der Waals surface area contributed by atoms with Crippen LogP contribution in [0.4, 0.5) is 0 Å². The van der Waals surface area contributed by atoms with E-state index in [1.54, 1.807) is 26.2 Å². The number of nitrogens with zero attached hydrogens (tertiary/aromatic N) is 1. The molecular formula is C20H22N2O2S. The molecule has 4 nitrogen and oxygen atoms in total. The van der Waals surface area contributed by atoms with Crippen molar-refractivity contribution >= 4 is 11.9 Å². The molecule has 0 aliphatic heterocycles. The fourth-order valence-electron chi connectivity index (χ4n) is 2.76. The van der Waals surface area contributed by atoms with Crippen molar-refractivity contribution in [1.82, 2.24) is 9.29 Å². The van der Waals surface area contributed by atoms with E-state index in [0.29, 0.717) is 0 Å². The first-order valence-corrected chi connectivity index (χ1v) is 8.84. The summed E-state index contributed by atoms with van der Waals surface area (Å²) in [5.74, 6) is 1.75. The van der Waals surface area contributed by atoms with Crippen LogP contribution in [0.5, 0.6) is 11.5 Å². The van der Waals surface area contributed by atoms with Crippen LogP contribution in [-0.2, 0) is 6.54 Å². The first-order chi connectivity index (χ1) is 12.3. The third kappa shape index (κ3) is 3.83. The molecule has 2 aromatic carbocycles. The van der Waals surface area contributed by atoms with Crippen LogP contribution in [0.25, 0.3) is 11.3 Å². The fraction of sp³-hybridized carbons (Fsp3) is 0.200. The molecule has 0 fully saturated rings. The summed E-state index contributed by atoms with van der Waals surface area (Å²) in [7, 11) is 5.35. The molecule has 0 spiro atoms. The number of methoxy groups -OCH3 is 2. The Balaban J connectivity index is 2.08. The van der Waals surface area contributed by atoms with E-state index in [0.717, 1.165) is 39.8 Å². The van der Waals surface area contributed by atoms with Gasteiger partial charge in [-0.2, -0.15) is 0 Å². The third-order valence-electron chi connectivity index (χ3n) is 3.86. The number of aromatic nitrogens is 1. The van der Waals surface area contributed by atoms with E-state index in [1.807, 2.05) is 43.4 Å². The normalized spacial score (nSPS) is 10.7. The average Bonchev–Trinajstić information content (AvgIpc) is 2.99. The van der Waals surface area contributed by atoms with Crippen molar-refractivity contribution in [3.05, 3.63) is 66.4 Å². The molecule has 0 amide bonds. The monoisotopic (exact) mass is 354 g/mol. The maximum Gasteiger partial charge on any atom is 0.149 e. The number of hydrogen-bond acceptors (Lipinski definition) is 4. The lowest BCUT2D eigenvalue weighted by atomic mass is 10.1. The summed E-state index contributed by atoms with van der Waals surface area (Å²) in [6, 6.07) is 18.4. The Hall–Kier alpha value is -2.37. The first kappa shape index (κ1) is 17.5. The summed E-state index contributed by atoms with van der Waals surface area (Å²) in [5, 5.41) is 3.21. The highest BCUT2D eigenvalue weighted by Gasteiger charge is 2.19. The molecule has 0 aliphatic carbocycles. The van der Waals surface area contributed by atoms with Crippen molar-refractivity contribution in [1.29, 1.82) is 0 Å². The van der Waals surface area contributed by atoms with Gasteiger partial charge in [-0.3, -0.25) is 3.97 Å². The van der Waals surface area contributed by atoms with Crippen LogP contribution < -0.4 is 14.8 Å². The van der Waals surface area contributed by atoms with Gasteiger partial charge in [0.25, 0.3) is 0 Å². The minimum Gasteiger partial charge on any atom is -0.497 e. The van der Waals surface area contributed by atoms with E-state index in [2.05, 4.69) is 33.7 Å². The standard InChI is InChI=1S/C20H22N2O2S/c1-21-13-16-14-22(25-18-11-7-10-17(12-18)23-2)19(20(16)24-3)15-8-5-4-6-9-15/h4-12,14,21H,13H2,1-3H3. The average molecular weight is 354 g/mol. The van der Waals surface area contributed by atoms with Gasteiger partial charge in [-0.05, 0) is 37.2 Å². The third-order valence-corrected chi connectivity index (χ3v) is 4.81. The van der Waals surface area contributed by atoms with Gasteiger partial charge in [-0.15, -0.1) is 0 Å². The van der Waals surface area contributed by atoms with Gasteiger partial charge in [0.15, 0.2) is 0 Å². The molecule has 5 heteroatoms. The molecule has 130 valence electrons. The van der Waals surface area contributed by atoms with Crippen LogP contribution >= 0.6 is 11.9 Å². The molecule has 0 bridgehead atoms. The second-order valence-corrected chi connectivity index (χ2v) is 6.58. The second-order valence-electron chi connectivity index (χ2n) is 5.53. The zero-order valence-electron chi connectivity index (χ0n) is 14.7. The Kier molecular flexibility index (Phi) is 5.68. The molecule has 3 aromatic rings. The Labute approximate surface area is 152 Å². The first-order valence-electron chi connectivity index (χ1n) is 8.07. The lowest BCUT2D eigenvalue weighted by Gasteiger charge is -2.11. The predicted molar refractivity (Wildman–Crippen MR) is 103 cm³/mol. The van der Waals surface area contributed by atoms with Crippen molar-refractivity contribution < 1.29 is 9.47 Å². The zero-order chi connectivity index (χ0) is 17.6. The van der Waals surface area contributed by atoms with E-state index in [-0.39, 0.29) is 0 Å². The van der Waals surface area contributed by atoms with Crippen molar-refractivity contribution in [3.63, 3.8) is 0 Å². The summed E-state index contributed by atoms with van der Waals surface area (Å²) in [6.45, 7) is 0.745. The molecular weight excluding hydrogens is 332 g/mol. The van der Waals surface area contributed by atoms with Crippen LogP contribution in [0.1, 0.15) is 5.56 Å². The van der Waals surface area contributed by atoms with Crippen LogP contribution in [0.3, 0.4) is 0 Å². The van der Waals surface area contributed by atoms with Gasteiger partial charge >= 0.3 is 0 Å². The Bertz CT molecular complexity index is 831. The van der Waals surface area contributed by atoms with E-state index in [1.165, 1.54) is 0 Å². The summed E-state index contributed by atoms with van der Waals surface area (Å²) in [4.78, 5) is 1.10. The predicted octanol–water partition coefficient (Wildman–Crippen LogP) is 4.45. The maximum atomic E-state index is 5.75. The lowest BCUT2D eigenvalue weighted by molar-refractivity contribution is 0.411. The quantitative estimate of drug-likeness (QED) is 0.680. The van der Waals surface area contributed by atoms with E-state index >= 15 is 0 Å². The molecule has 0 unspecified atom stereocenters. The molecule has 1 heterocycles. The fourth-order valence-corrected chi connectivity index (χ4v) is 3.75. The molecule has 25 heavy (non-hydrogen) atoms. The summed E-state index contributed by atoms with van der Waals surface area (Å²) < 4.78 is 13.2. The van der Waals surface area contributed by atoms with Crippen LogP contribution in [0, 0.1) is 0 Å². The summed E-state index contributed by atoms with van der Waals surface area (Å²) in [5.41, 5.74) is 3.30. The van der Waals surface area contributed by atoms with E-state index in [4.69, 9.17) is 9.47 Å². The number of benzene rings is 2. The number of rotatable bonds is 7. The molecule has 0 radical (unpaired) electrons. The number of hydrogen-bond donors (Lipinski definition) is 1. The van der Waals surface area contributed by atoms with Gasteiger partial charge in [0.2, 0.25) is 0 Å². The molecule has 0 saturated heterocycles. The summed E-state index contributed by atoms with van der Waals surface area (Å²) >= 11 is 1.64. The molecule has 1 N–H and O–H groups in total. The van der Waals surface area contributed by atoms with Gasteiger partial charge in [-0.25, -0.2) is 0 Å². The van der Waals surface area contributed by atoms with Crippen molar-refractivity contribution in [2.75, 3.05) is 21.3 Å². The molecule has 0 aliphatic rings. The Morgan fingerprint density at radius 3 is 2.48 bits per heavy atom. The Morgan fingerprint density at radius 2 is 1.80 bits per heavy atom. The highest BCUT2D eigenvalue weighted by atomic mass is 32.2. The van der Waals surface area contributed by atoms with Gasteiger partial charge in [0.05, 0.1) is 14.2 Å². The minimum absolute atomic E-state index is 0.745. The molecule has 1 aromatic heterocycles. The maximum absolute atomic E-state index is 5.75. The van der Waals surface area contributed by atoms with Crippen molar-refractivity contribution in [2.45, 2.75) is 11.4 Å². The SMILES string of the molecule is CNCc1cn(Sc2cccc(OC)c2)c(-c2ccccc2)c1OC. The van der Waals surface area contributed by atoms with Crippen LogP contribution in [0.15, 0.2) is 65.7 Å². The van der Waals surface area contributed by atoms with Crippen molar-refractivity contribution in [3.8, 4) is 22.8 Å². The Morgan fingerprint density at radius 1 is 1.00 bits per heavy atom. The van der Waals surface area contributed by atoms with Gasteiger partial charge in [0.1, 0.15) is 17.2 Å². The second kappa shape index (κ2) is 8.14. The van der Waals surface area contributed by atoms with E-state index < -0.39 is 0 Å². The lowest BCUT2D eigenvalue weighted by Crippen LogP contribution is -2.05. The van der Waals surface area contributed by atoms with Crippen LogP contribution in [-0.4, -0.2) is 25.2 Å². The van der Waals surface area contributed by atoms with E-state index in [9.17, 15) is 0 Å². The largest absolute Gasteiger partial charge is 0.497 e. The molecule has 0 atom stereocenters. The van der Waals surface area contributed by atoms with Gasteiger partial charge in [0, 0.05) is 28.8 Å². The number of nitrogens with one attached hydrogen (secondary N) is 1. The molecule has 3 rings (SSSR count). The van der Waals surface area contributed by atoms with Gasteiger partial charge in [-0.1, -0.05) is 36.4 Å². The summed E-state index contributed by atoms with van der Waals surface area (Å²) in [6.07, 6.45) is 2.13. The number of ether oxygens (including phenoxy) is 2. The minimum atomic E-state index is 0.745. The smallest absolute Gasteiger partial charge is 0.149 e. The highest BCUT2D eigenvalue weighted by molar-refractivity contribution is 7.98. The van der Waals surface area contributed by atoms with Crippen LogP contribution in [0.2, 0.25) is 0 Å². The molecule has 0 saturated carbocycles. The highest BCUT2D eigenvalue weighted by Crippen LogP contribution is 2.39. The van der Waals surface area contributed by atoms with Gasteiger partial charge < -0.3 is 14.8 Å². The zero-order valence-corrected chi connectivity index (χ0v) is 15.5.